The van der Waals surface area contributed by atoms with Crippen LogP contribution in [0, 0.1) is 0 Å². The van der Waals surface area contributed by atoms with Crippen molar-refractivity contribution in [1.82, 2.24) is 10.2 Å². The molecule has 0 aliphatic rings. The lowest BCUT2D eigenvalue weighted by atomic mass is 10.3. The molecule has 3 aromatic rings. The lowest BCUT2D eigenvalue weighted by molar-refractivity contribution is 0.189. The molecule has 1 unspecified atom stereocenters. The van der Waals surface area contributed by atoms with E-state index in [0.717, 1.165) is 4.88 Å². The summed E-state index contributed by atoms with van der Waals surface area (Å²) in [4.78, 5) is 0.926. The fourth-order valence-corrected chi connectivity index (χ4v) is 2.64. The molecule has 0 fully saturated rings. The Morgan fingerprint density at radius 1 is 1.19 bits per heavy atom. The molecular formula is C14H10Cl2N2O2S. The van der Waals surface area contributed by atoms with Gasteiger partial charge in [0.2, 0.25) is 0 Å². The molecule has 0 saturated heterocycles. The predicted molar refractivity (Wildman–Crippen MR) is 83.1 cm³/mol. The molecular weight excluding hydrogens is 331 g/mol. The minimum atomic E-state index is -0.386. The number of benzene rings is 1. The summed E-state index contributed by atoms with van der Waals surface area (Å²) < 4.78 is 11.4. The van der Waals surface area contributed by atoms with Gasteiger partial charge in [-0.05, 0) is 30.5 Å². The molecule has 0 aliphatic carbocycles. The summed E-state index contributed by atoms with van der Waals surface area (Å²) in [6.07, 6.45) is -0.386. The van der Waals surface area contributed by atoms with E-state index in [0.29, 0.717) is 27.6 Å². The van der Waals surface area contributed by atoms with Crippen molar-refractivity contribution in [2.24, 2.45) is 0 Å². The summed E-state index contributed by atoms with van der Waals surface area (Å²) in [7, 11) is 0. The normalized spacial score (nSPS) is 12.3. The smallest absolute Gasteiger partial charge is 0.257 e. The topological polar surface area (TPSA) is 48.2 Å². The van der Waals surface area contributed by atoms with Crippen LogP contribution in [0.3, 0.4) is 0 Å². The molecule has 0 N–H and O–H groups in total. The third-order valence-corrected chi connectivity index (χ3v) is 4.32. The zero-order valence-corrected chi connectivity index (χ0v) is 13.2. The lowest BCUT2D eigenvalue weighted by Crippen LogP contribution is -2.03. The maximum Gasteiger partial charge on any atom is 0.257 e. The van der Waals surface area contributed by atoms with Crippen LogP contribution >= 0.6 is 34.5 Å². The summed E-state index contributed by atoms with van der Waals surface area (Å²) in [6.45, 7) is 1.83. The van der Waals surface area contributed by atoms with Gasteiger partial charge in [0, 0.05) is 6.07 Å². The molecule has 1 atom stereocenters. The first kappa shape index (κ1) is 14.4. The van der Waals surface area contributed by atoms with Crippen LogP contribution in [-0.2, 0) is 0 Å². The van der Waals surface area contributed by atoms with E-state index in [1.807, 2.05) is 24.4 Å². The van der Waals surface area contributed by atoms with Crippen LogP contribution in [0.5, 0.6) is 5.75 Å². The fraction of sp³-hybridized carbons (Fsp3) is 0.143. The Bertz CT molecular complexity index is 743. The fourth-order valence-electron chi connectivity index (χ4n) is 1.70. The number of hydrogen-bond acceptors (Lipinski definition) is 5. The molecule has 0 spiro atoms. The average molecular weight is 341 g/mol. The SMILES string of the molecule is CC(Oc1ccc(Cl)c(Cl)c1)c1nnc(-c2cccs2)o1. The highest BCUT2D eigenvalue weighted by Crippen LogP contribution is 2.30. The van der Waals surface area contributed by atoms with Crippen molar-refractivity contribution in [1.29, 1.82) is 0 Å². The molecule has 2 heterocycles. The Hall–Kier alpha value is -1.56. The average Bonchev–Trinajstić information content (AvgIpc) is 3.12. The number of thiophene rings is 1. The number of halogens is 2. The van der Waals surface area contributed by atoms with Gasteiger partial charge >= 0.3 is 0 Å². The molecule has 4 nitrogen and oxygen atoms in total. The van der Waals surface area contributed by atoms with Crippen LogP contribution in [0.4, 0.5) is 0 Å². The van der Waals surface area contributed by atoms with Crippen molar-refractivity contribution >= 4 is 34.5 Å². The van der Waals surface area contributed by atoms with Crippen molar-refractivity contribution in [2.75, 3.05) is 0 Å². The first-order chi connectivity index (χ1) is 10.1. The number of ether oxygens (including phenoxy) is 1. The summed E-state index contributed by atoms with van der Waals surface area (Å²) in [5.74, 6) is 1.49. The molecule has 1 aromatic carbocycles. The number of rotatable bonds is 4. The van der Waals surface area contributed by atoms with Gasteiger partial charge in [0.15, 0.2) is 6.10 Å². The van der Waals surface area contributed by atoms with E-state index < -0.39 is 0 Å². The lowest BCUT2D eigenvalue weighted by Gasteiger charge is -2.11. The van der Waals surface area contributed by atoms with E-state index in [1.165, 1.54) is 11.3 Å². The van der Waals surface area contributed by atoms with Gasteiger partial charge in [0.05, 0.1) is 14.9 Å². The Labute approximate surface area is 135 Å². The largest absolute Gasteiger partial charge is 0.481 e. The second-order valence-electron chi connectivity index (χ2n) is 4.26. The third kappa shape index (κ3) is 3.20. The van der Waals surface area contributed by atoms with Gasteiger partial charge in [-0.1, -0.05) is 29.3 Å². The molecule has 0 saturated carbocycles. The van der Waals surface area contributed by atoms with Crippen molar-refractivity contribution in [2.45, 2.75) is 13.0 Å². The van der Waals surface area contributed by atoms with Crippen LogP contribution in [0.15, 0.2) is 40.1 Å². The van der Waals surface area contributed by atoms with Crippen LogP contribution in [0.1, 0.15) is 18.9 Å². The molecule has 3 rings (SSSR count). The van der Waals surface area contributed by atoms with Gasteiger partial charge in [0.25, 0.3) is 11.8 Å². The van der Waals surface area contributed by atoms with Crippen molar-refractivity contribution in [3.63, 3.8) is 0 Å². The number of aromatic nitrogens is 2. The van der Waals surface area contributed by atoms with E-state index in [9.17, 15) is 0 Å². The van der Waals surface area contributed by atoms with E-state index in [2.05, 4.69) is 10.2 Å². The molecule has 2 aromatic heterocycles. The first-order valence-corrected chi connectivity index (χ1v) is 7.76. The van der Waals surface area contributed by atoms with Crippen molar-refractivity contribution in [3.8, 4) is 16.5 Å². The van der Waals surface area contributed by atoms with E-state index in [-0.39, 0.29) is 6.10 Å². The third-order valence-electron chi connectivity index (χ3n) is 2.72. The molecule has 0 aliphatic heterocycles. The predicted octanol–water partition coefficient (Wildman–Crippen LogP) is 5.24. The highest BCUT2D eigenvalue weighted by Gasteiger charge is 2.17. The van der Waals surface area contributed by atoms with Crippen LogP contribution in [-0.4, -0.2) is 10.2 Å². The van der Waals surface area contributed by atoms with Gasteiger partial charge in [-0.2, -0.15) is 0 Å². The molecule has 21 heavy (non-hydrogen) atoms. The zero-order chi connectivity index (χ0) is 14.8. The van der Waals surface area contributed by atoms with Gasteiger partial charge in [-0.25, -0.2) is 0 Å². The van der Waals surface area contributed by atoms with Gasteiger partial charge in [-0.15, -0.1) is 21.5 Å². The first-order valence-electron chi connectivity index (χ1n) is 6.12. The minimum absolute atomic E-state index is 0.386. The van der Waals surface area contributed by atoms with E-state index >= 15 is 0 Å². The Morgan fingerprint density at radius 3 is 2.76 bits per heavy atom. The summed E-state index contributed by atoms with van der Waals surface area (Å²) >= 11 is 13.4. The molecule has 0 amide bonds. The molecule has 108 valence electrons. The Balaban J connectivity index is 1.76. The van der Waals surface area contributed by atoms with E-state index in [1.54, 1.807) is 18.2 Å². The quantitative estimate of drug-likeness (QED) is 0.651. The van der Waals surface area contributed by atoms with Gasteiger partial charge in [-0.3, -0.25) is 0 Å². The summed E-state index contributed by atoms with van der Waals surface area (Å²) in [5, 5.41) is 10.9. The van der Waals surface area contributed by atoms with Crippen molar-refractivity contribution in [3.05, 3.63) is 51.6 Å². The highest BCUT2D eigenvalue weighted by atomic mass is 35.5. The summed E-state index contributed by atoms with van der Waals surface area (Å²) in [5.41, 5.74) is 0. The van der Waals surface area contributed by atoms with Crippen LogP contribution in [0.2, 0.25) is 10.0 Å². The maximum atomic E-state index is 5.95. The second kappa shape index (κ2) is 6.05. The van der Waals surface area contributed by atoms with Crippen LogP contribution in [0.25, 0.3) is 10.8 Å². The minimum Gasteiger partial charge on any atom is -0.481 e. The number of hydrogen-bond donors (Lipinski definition) is 0. The molecule has 0 bridgehead atoms. The zero-order valence-electron chi connectivity index (χ0n) is 10.9. The standard InChI is InChI=1S/C14H10Cl2N2O2S/c1-8(19-9-4-5-10(15)11(16)7-9)13-17-18-14(20-13)12-3-2-6-21-12/h2-8H,1H3. The molecule has 7 heteroatoms. The maximum absolute atomic E-state index is 5.95. The van der Waals surface area contributed by atoms with E-state index in [4.69, 9.17) is 32.4 Å². The monoisotopic (exact) mass is 340 g/mol. The Morgan fingerprint density at radius 2 is 2.05 bits per heavy atom. The highest BCUT2D eigenvalue weighted by molar-refractivity contribution is 7.13. The molecule has 0 radical (unpaired) electrons. The summed E-state index contributed by atoms with van der Waals surface area (Å²) in [6, 6.07) is 8.92. The van der Waals surface area contributed by atoms with Gasteiger partial charge in [0.1, 0.15) is 5.75 Å². The Kier molecular flexibility index (Phi) is 4.14. The van der Waals surface area contributed by atoms with Crippen molar-refractivity contribution < 1.29 is 9.15 Å². The van der Waals surface area contributed by atoms with Crippen LogP contribution < -0.4 is 4.74 Å². The second-order valence-corrected chi connectivity index (χ2v) is 6.02. The van der Waals surface area contributed by atoms with Gasteiger partial charge < -0.3 is 9.15 Å². The number of nitrogens with zero attached hydrogens (tertiary/aromatic N) is 2.